The van der Waals surface area contributed by atoms with Crippen molar-refractivity contribution in [2.45, 2.75) is 18.7 Å². The molecule has 2 aromatic carbocycles. The molecule has 0 aliphatic carbocycles. The number of nitrogens with one attached hydrogen (secondary N) is 1. The largest absolute Gasteiger partial charge is 0.386 e. The molecule has 2 aromatic rings. The van der Waals surface area contributed by atoms with Crippen LogP contribution in [0.3, 0.4) is 0 Å². The zero-order valence-electron chi connectivity index (χ0n) is 10.1. The van der Waals surface area contributed by atoms with Crippen LogP contribution in [0.4, 0.5) is 0 Å². The summed E-state index contributed by atoms with van der Waals surface area (Å²) in [6, 6.07) is 13.6. The second kappa shape index (κ2) is 5.25. The van der Waals surface area contributed by atoms with E-state index in [0.717, 1.165) is 22.1 Å². The van der Waals surface area contributed by atoms with E-state index < -0.39 is 6.10 Å². The van der Waals surface area contributed by atoms with E-state index in [2.05, 4.69) is 33.4 Å². The number of rotatable bonds is 2. The molecule has 1 heterocycles. The number of fused-ring (bicyclic) bond motifs is 1. The van der Waals surface area contributed by atoms with Crippen molar-refractivity contribution in [3.63, 3.8) is 0 Å². The van der Waals surface area contributed by atoms with Crippen LogP contribution >= 0.6 is 27.5 Å². The number of hydrogen-bond acceptors (Lipinski definition) is 2. The fraction of sp³-hybridized carbons (Fsp3) is 0.200. The van der Waals surface area contributed by atoms with Gasteiger partial charge in [0.25, 0.3) is 0 Å². The molecule has 0 radical (unpaired) electrons. The molecule has 0 bridgehead atoms. The van der Waals surface area contributed by atoms with Crippen LogP contribution < -0.4 is 5.32 Å². The maximum atomic E-state index is 10.6. The molecule has 1 aliphatic rings. The van der Waals surface area contributed by atoms with Crippen molar-refractivity contribution < 1.29 is 5.11 Å². The minimum Gasteiger partial charge on any atom is -0.386 e. The Kier molecular flexibility index (Phi) is 3.63. The second-order valence-corrected chi connectivity index (χ2v) is 5.96. The molecular weight excluding hydrogens is 326 g/mol. The van der Waals surface area contributed by atoms with E-state index >= 15 is 0 Å². The molecule has 3 rings (SSSR count). The van der Waals surface area contributed by atoms with Crippen molar-refractivity contribution in [3.8, 4) is 0 Å². The zero-order valence-corrected chi connectivity index (χ0v) is 12.4. The summed E-state index contributed by atoms with van der Waals surface area (Å²) in [5, 5.41) is 14.6. The summed E-state index contributed by atoms with van der Waals surface area (Å²) >= 11 is 9.40. The molecule has 2 N–H and O–H groups in total. The van der Waals surface area contributed by atoms with Crippen LogP contribution in [0.1, 0.15) is 28.8 Å². The Morgan fingerprint density at radius 1 is 1.26 bits per heavy atom. The van der Waals surface area contributed by atoms with Gasteiger partial charge >= 0.3 is 0 Å². The molecule has 2 atom stereocenters. The molecule has 4 heteroatoms. The van der Waals surface area contributed by atoms with Crippen LogP contribution in [-0.2, 0) is 6.54 Å². The second-order valence-electron chi connectivity index (χ2n) is 4.67. The monoisotopic (exact) mass is 337 g/mol. The first-order valence-corrected chi connectivity index (χ1v) is 7.28. The average molecular weight is 339 g/mol. The minimum absolute atomic E-state index is 0.0753. The van der Waals surface area contributed by atoms with Crippen LogP contribution in [0, 0.1) is 0 Å². The van der Waals surface area contributed by atoms with Gasteiger partial charge in [-0.15, -0.1) is 0 Å². The zero-order chi connectivity index (χ0) is 13.4. The molecule has 1 aliphatic heterocycles. The van der Waals surface area contributed by atoms with E-state index in [4.69, 9.17) is 11.6 Å². The van der Waals surface area contributed by atoms with Gasteiger partial charge in [0.15, 0.2) is 0 Å². The number of aliphatic hydroxyl groups excluding tert-OH is 1. The maximum Gasteiger partial charge on any atom is 0.0995 e. The normalized spacial score (nSPS) is 19.2. The van der Waals surface area contributed by atoms with E-state index in [-0.39, 0.29) is 6.04 Å². The Bertz CT molecular complexity index is 617. The molecule has 0 saturated heterocycles. The molecule has 0 spiro atoms. The summed E-state index contributed by atoms with van der Waals surface area (Å²) < 4.78 is 0.832. The van der Waals surface area contributed by atoms with Crippen LogP contribution in [0.25, 0.3) is 0 Å². The Morgan fingerprint density at radius 3 is 2.84 bits per heavy atom. The standard InChI is InChI=1S/C15H13BrClNO/c16-13-7-10(17)5-6-12(13)15(19)14-11-4-2-1-3-9(11)8-18-14/h1-7,14-15,18-19H,8H2. The molecule has 19 heavy (non-hydrogen) atoms. The van der Waals surface area contributed by atoms with Gasteiger partial charge in [0.05, 0.1) is 12.1 Å². The van der Waals surface area contributed by atoms with Crippen molar-refractivity contribution in [1.82, 2.24) is 5.32 Å². The fourth-order valence-corrected chi connectivity index (χ4v) is 3.45. The van der Waals surface area contributed by atoms with E-state index in [1.54, 1.807) is 12.1 Å². The van der Waals surface area contributed by atoms with Crippen molar-refractivity contribution in [2.75, 3.05) is 0 Å². The summed E-state index contributed by atoms with van der Waals surface area (Å²) in [6.07, 6.45) is -0.602. The first-order valence-electron chi connectivity index (χ1n) is 6.11. The van der Waals surface area contributed by atoms with Gasteiger partial charge in [-0.2, -0.15) is 0 Å². The molecule has 2 nitrogen and oxygen atoms in total. The Morgan fingerprint density at radius 2 is 2.05 bits per heavy atom. The molecule has 0 fully saturated rings. The van der Waals surface area contributed by atoms with Crippen molar-refractivity contribution >= 4 is 27.5 Å². The lowest BCUT2D eigenvalue weighted by atomic mass is 9.96. The molecule has 2 unspecified atom stereocenters. The predicted octanol–water partition coefficient (Wildman–Crippen LogP) is 3.98. The fourth-order valence-electron chi connectivity index (χ4n) is 2.53. The third-order valence-electron chi connectivity index (χ3n) is 3.50. The highest BCUT2D eigenvalue weighted by molar-refractivity contribution is 9.10. The summed E-state index contributed by atoms with van der Waals surface area (Å²) in [7, 11) is 0. The smallest absolute Gasteiger partial charge is 0.0995 e. The van der Waals surface area contributed by atoms with Crippen LogP contribution in [0.2, 0.25) is 5.02 Å². The summed E-state index contributed by atoms with van der Waals surface area (Å²) in [4.78, 5) is 0. The third kappa shape index (κ3) is 2.43. The highest BCUT2D eigenvalue weighted by Gasteiger charge is 2.29. The highest BCUT2D eigenvalue weighted by atomic mass is 79.9. The van der Waals surface area contributed by atoms with Crippen LogP contribution in [0.5, 0.6) is 0 Å². The summed E-state index contributed by atoms with van der Waals surface area (Å²) in [6.45, 7) is 0.795. The summed E-state index contributed by atoms with van der Waals surface area (Å²) in [5.74, 6) is 0. The van der Waals surface area contributed by atoms with Crippen molar-refractivity contribution in [3.05, 3.63) is 68.7 Å². The lowest BCUT2D eigenvalue weighted by Crippen LogP contribution is -2.20. The van der Waals surface area contributed by atoms with Gasteiger partial charge in [0.2, 0.25) is 0 Å². The van der Waals surface area contributed by atoms with Crippen LogP contribution in [0.15, 0.2) is 46.9 Å². The van der Waals surface area contributed by atoms with Gasteiger partial charge in [0.1, 0.15) is 0 Å². The van der Waals surface area contributed by atoms with Crippen LogP contribution in [-0.4, -0.2) is 5.11 Å². The predicted molar refractivity (Wildman–Crippen MR) is 80.1 cm³/mol. The van der Waals surface area contributed by atoms with E-state index in [9.17, 15) is 5.11 Å². The van der Waals surface area contributed by atoms with E-state index in [0.29, 0.717) is 5.02 Å². The molecule has 0 amide bonds. The Balaban J connectivity index is 1.95. The summed E-state index contributed by atoms with van der Waals surface area (Å²) in [5.41, 5.74) is 3.26. The molecular formula is C15H13BrClNO. The van der Waals surface area contributed by atoms with Gasteiger partial charge in [-0.1, -0.05) is 57.9 Å². The maximum absolute atomic E-state index is 10.6. The number of halogens is 2. The van der Waals surface area contributed by atoms with E-state index in [1.165, 1.54) is 5.56 Å². The Hall–Kier alpha value is -0.870. The quantitative estimate of drug-likeness (QED) is 0.868. The lowest BCUT2D eigenvalue weighted by molar-refractivity contribution is 0.133. The molecule has 0 saturated carbocycles. The first-order chi connectivity index (χ1) is 9.16. The lowest BCUT2D eigenvalue weighted by Gasteiger charge is -2.21. The van der Waals surface area contributed by atoms with Gasteiger partial charge < -0.3 is 10.4 Å². The number of aliphatic hydroxyl groups is 1. The van der Waals surface area contributed by atoms with E-state index in [1.807, 2.05) is 18.2 Å². The Labute approximate surface area is 125 Å². The number of hydrogen-bond donors (Lipinski definition) is 2. The molecule has 0 aromatic heterocycles. The average Bonchev–Trinajstić information content (AvgIpc) is 2.82. The van der Waals surface area contributed by atoms with Gasteiger partial charge in [0, 0.05) is 16.0 Å². The highest BCUT2D eigenvalue weighted by Crippen LogP contribution is 2.38. The van der Waals surface area contributed by atoms with Gasteiger partial charge in [-0.25, -0.2) is 0 Å². The molecule has 98 valence electrons. The first kappa shape index (κ1) is 13.1. The topological polar surface area (TPSA) is 32.3 Å². The minimum atomic E-state index is -0.602. The van der Waals surface area contributed by atoms with Crippen molar-refractivity contribution in [1.29, 1.82) is 0 Å². The number of benzene rings is 2. The van der Waals surface area contributed by atoms with Crippen molar-refractivity contribution in [2.24, 2.45) is 0 Å². The van der Waals surface area contributed by atoms with Gasteiger partial charge in [-0.3, -0.25) is 0 Å². The SMILES string of the molecule is OC(c1ccc(Cl)cc1Br)C1NCc2ccccc21. The third-order valence-corrected chi connectivity index (χ3v) is 4.42. The van der Waals surface area contributed by atoms with Gasteiger partial charge in [-0.05, 0) is 28.8 Å².